The van der Waals surface area contributed by atoms with Crippen LogP contribution in [0.3, 0.4) is 0 Å². The smallest absolute Gasteiger partial charge is 0.325 e. The lowest BCUT2D eigenvalue weighted by Crippen LogP contribution is -2.46. The lowest BCUT2D eigenvalue weighted by Gasteiger charge is -2.24. The summed E-state index contributed by atoms with van der Waals surface area (Å²) in [6.07, 6.45) is -2.10. The van der Waals surface area contributed by atoms with Crippen molar-refractivity contribution in [3.05, 3.63) is 0 Å². The van der Waals surface area contributed by atoms with Crippen LogP contribution in [0.4, 0.5) is 0 Å². The highest BCUT2D eigenvalue weighted by atomic mass is 16.9. The third kappa shape index (κ3) is 1.84. The molecule has 2 amide bonds. The molecule has 23 heavy (non-hydrogen) atoms. The second kappa shape index (κ2) is 4.73. The molecule has 4 fully saturated rings. The van der Waals surface area contributed by atoms with E-state index in [1.54, 1.807) is 6.92 Å². The van der Waals surface area contributed by atoms with E-state index in [0.29, 0.717) is 0 Å². The zero-order chi connectivity index (χ0) is 16.5. The Kier molecular flexibility index (Phi) is 3.08. The second-order valence-corrected chi connectivity index (χ2v) is 6.19. The normalized spacial score (nSPS) is 47.2. The van der Waals surface area contributed by atoms with Gasteiger partial charge in [0.25, 0.3) is 5.97 Å². The molecule has 6 unspecified atom stereocenters. The summed E-state index contributed by atoms with van der Waals surface area (Å²) in [4.78, 5) is 37.5. The fourth-order valence-corrected chi connectivity index (χ4v) is 3.99. The molecule has 0 aromatic carbocycles. The Balaban J connectivity index is 1.60. The van der Waals surface area contributed by atoms with E-state index in [1.807, 2.05) is 0 Å². The maximum absolute atomic E-state index is 12.5. The summed E-state index contributed by atoms with van der Waals surface area (Å²) in [5, 5.41) is 0. The number of methoxy groups -OCH3 is 2. The van der Waals surface area contributed by atoms with Crippen molar-refractivity contribution in [3.8, 4) is 0 Å². The lowest BCUT2D eigenvalue weighted by atomic mass is 9.78. The second-order valence-electron chi connectivity index (χ2n) is 6.19. The average molecular weight is 327 g/mol. The van der Waals surface area contributed by atoms with Crippen molar-refractivity contribution in [1.29, 1.82) is 0 Å². The first-order chi connectivity index (χ1) is 10.9. The quantitative estimate of drug-likeness (QED) is 0.463. The average Bonchev–Trinajstić information content (AvgIpc) is 3.22. The van der Waals surface area contributed by atoms with Crippen molar-refractivity contribution >= 4 is 17.8 Å². The van der Waals surface area contributed by atoms with Gasteiger partial charge in [-0.2, -0.15) is 0 Å². The summed E-state index contributed by atoms with van der Waals surface area (Å²) in [6.45, 7) is 1.25. The van der Waals surface area contributed by atoms with Gasteiger partial charge in [0, 0.05) is 14.0 Å². The zero-order valence-corrected chi connectivity index (χ0v) is 12.9. The Morgan fingerprint density at radius 1 is 1.09 bits per heavy atom. The summed E-state index contributed by atoms with van der Waals surface area (Å²) < 4.78 is 27.0. The van der Waals surface area contributed by atoms with Crippen LogP contribution in [-0.4, -0.2) is 73.8 Å². The number of rotatable bonds is 3. The summed E-state index contributed by atoms with van der Waals surface area (Å²) in [7, 11) is 2.66. The highest BCUT2D eigenvalue weighted by Crippen LogP contribution is 2.54. The molecule has 0 N–H and O–H groups in total. The van der Waals surface area contributed by atoms with E-state index >= 15 is 0 Å². The first kappa shape index (κ1) is 15.0. The Bertz CT molecular complexity index is 555. The largest absolute Gasteiger partial charge is 0.468 e. The molecule has 7 atom stereocenters. The monoisotopic (exact) mass is 327 g/mol. The van der Waals surface area contributed by atoms with Gasteiger partial charge in [-0.05, 0) is 0 Å². The van der Waals surface area contributed by atoms with Gasteiger partial charge in [-0.25, -0.2) is 0 Å². The van der Waals surface area contributed by atoms with Crippen LogP contribution in [0.1, 0.15) is 6.92 Å². The minimum Gasteiger partial charge on any atom is -0.468 e. The van der Waals surface area contributed by atoms with Gasteiger partial charge in [-0.3, -0.25) is 19.3 Å². The minimum absolute atomic E-state index is 0.382. The molecule has 9 nitrogen and oxygen atoms in total. The van der Waals surface area contributed by atoms with Gasteiger partial charge in [-0.15, -0.1) is 0 Å². The van der Waals surface area contributed by atoms with Crippen molar-refractivity contribution in [3.63, 3.8) is 0 Å². The standard InChI is InChI=1S/C14H17NO8/c1-14(20-3)22-10-8-6-7(9(21-8)11(10)23-14)13(18)15(12(6)17)4-5(16)19-2/h6-11H,4H2,1-3H3/t6?,7?,8-,9?,10?,11?,14?/m0/s1. The number of hydrogen-bond donors (Lipinski definition) is 0. The van der Waals surface area contributed by atoms with Crippen molar-refractivity contribution in [2.45, 2.75) is 37.3 Å². The van der Waals surface area contributed by atoms with E-state index in [-0.39, 0.29) is 6.54 Å². The van der Waals surface area contributed by atoms with Gasteiger partial charge in [0.15, 0.2) is 0 Å². The number of carbonyl (C=O) groups is 3. The molecule has 2 bridgehead atoms. The molecule has 0 aromatic rings. The van der Waals surface area contributed by atoms with Crippen LogP contribution in [0.15, 0.2) is 0 Å². The number of amides is 2. The molecule has 0 aromatic heterocycles. The first-order valence-electron chi connectivity index (χ1n) is 7.38. The Labute approximate surface area is 131 Å². The third-order valence-corrected chi connectivity index (χ3v) is 5.07. The SMILES string of the molecule is COC(=O)CN1C(=O)C2C3O[C@H](C4OC(C)(OC)OC34)C2C1=O. The Hall–Kier alpha value is -1.55. The number of imide groups is 1. The van der Waals surface area contributed by atoms with Crippen molar-refractivity contribution in [2.75, 3.05) is 20.8 Å². The van der Waals surface area contributed by atoms with Crippen LogP contribution in [0.2, 0.25) is 0 Å². The van der Waals surface area contributed by atoms with Crippen LogP contribution in [0.5, 0.6) is 0 Å². The molecule has 0 saturated carbocycles. The summed E-state index contributed by atoms with van der Waals surface area (Å²) in [6, 6.07) is 0. The van der Waals surface area contributed by atoms with Gasteiger partial charge in [-0.1, -0.05) is 0 Å². The topological polar surface area (TPSA) is 101 Å². The number of fused-ring (bicyclic) bond motifs is 8. The molecular formula is C14H17NO8. The Morgan fingerprint density at radius 2 is 1.61 bits per heavy atom. The maximum atomic E-state index is 12.5. The van der Waals surface area contributed by atoms with E-state index in [1.165, 1.54) is 14.2 Å². The molecule has 126 valence electrons. The maximum Gasteiger partial charge on any atom is 0.325 e. The number of carbonyl (C=O) groups excluding carboxylic acids is 3. The highest BCUT2D eigenvalue weighted by Gasteiger charge is 2.73. The fourth-order valence-electron chi connectivity index (χ4n) is 3.99. The van der Waals surface area contributed by atoms with Gasteiger partial charge in [0.05, 0.1) is 31.2 Å². The predicted octanol–water partition coefficient (Wildman–Crippen LogP) is -1.35. The van der Waals surface area contributed by atoms with Gasteiger partial charge >= 0.3 is 5.97 Å². The van der Waals surface area contributed by atoms with Crippen LogP contribution < -0.4 is 0 Å². The molecule has 4 rings (SSSR count). The minimum atomic E-state index is -1.20. The molecule has 9 heteroatoms. The number of nitrogens with zero attached hydrogens (tertiary/aromatic N) is 1. The van der Waals surface area contributed by atoms with Crippen molar-refractivity contribution < 1.29 is 38.1 Å². The van der Waals surface area contributed by atoms with E-state index in [4.69, 9.17) is 18.9 Å². The summed E-state index contributed by atoms with van der Waals surface area (Å²) in [5.41, 5.74) is 0. The van der Waals surface area contributed by atoms with Gasteiger partial charge in [0.2, 0.25) is 11.8 Å². The fraction of sp³-hybridized carbons (Fsp3) is 0.786. The lowest BCUT2D eigenvalue weighted by molar-refractivity contribution is -0.330. The number of ether oxygens (including phenoxy) is 5. The highest BCUT2D eigenvalue weighted by molar-refractivity contribution is 6.08. The number of hydrogen-bond acceptors (Lipinski definition) is 8. The third-order valence-electron chi connectivity index (χ3n) is 5.07. The van der Waals surface area contributed by atoms with Crippen molar-refractivity contribution in [2.24, 2.45) is 11.8 Å². The van der Waals surface area contributed by atoms with Crippen LogP contribution >= 0.6 is 0 Å². The molecular weight excluding hydrogens is 310 g/mol. The molecule has 0 radical (unpaired) electrons. The van der Waals surface area contributed by atoms with Crippen LogP contribution in [-0.2, 0) is 38.1 Å². The first-order valence-corrected chi connectivity index (χ1v) is 7.38. The molecule has 4 heterocycles. The zero-order valence-electron chi connectivity index (χ0n) is 12.9. The van der Waals surface area contributed by atoms with Crippen LogP contribution in [0, 0.1) is 11.8 Å². The van der Waals surface area contributed by atoms with E-state index in [9.17, 15) is 14.4 Å². The number of esters is 1. The molecule has 0 spiro atoms. The van der Waals surface area contributed by atoms with E-state index in [0.717, 1.165) is 4.90 Å². The molecule has 4 aliphatic rings. The Morgan fingerprint density at radius 3 is 2.04 bits per heavy atom. The summed E-state index contributed by atoms with van der Waals surface area (Å²) in [5.74, 6) is -3.99. The van der Waals surface area contributed by atoms with E-state index < -0.39 is 60.0 Å². The number of likely N-dealkylation sites (tertiary alicyclic amines) is 1. The molecule has 4 saturated heterocycles. The summed E-state index contributed by atoms with van der Waals surface area (Å²) >= 11 is 0. The molecule has 0 aliphatic carbocycles. The van der Waals surface area contributed by atoms with E-state index in [2.05, 4.69) is 4.74 Å². The molecule has 4 aliphatic heterocycles. The van der Waals surface area contributed by atoms with Gasteiger partial charge in [0.1, 0.15) is 18.8 Å². The van der Waals surface area contributed by atoms with Crippen molar-refractivity contribution in [1.82, 2.24) is 4.90 Å². The van der Waals surface area contributed by atoms with Crippen LogP contribution in [0.25, 0.3) is 0 Å². The predicted molar refractivity (Wildman–Crippen MR) is 69.5 cm³/mol. The van der Waals surface area contributed by atoms with Gasteiger partial charge < -0.3 is 23.7 Å².